The van der Waals surface area contributed by atoms with E-state index in [0.717, 1.165) is 10.2 Å². The molecule has 0 saturated heterocycles. The number of aliphatic hydroxyl groups excluding tert-OH is 1. The lowest BCUT2D eigenvalue weighted by Gasteiger charge is -2.16. The first-order valence-electron chi connectivity index (χ1n) is 6.56. The van der Waals surface area contributed by atoms with E-state index >= 15 is 0 Å². The summed E-state index contributed by atoms with van der Waals surface area (Å²) in [4.78, 5) is 18.1. The number of benzene rings is 1. The third-order valence-corrected chi connectivity index (χ3v) is 3.83. The van der Waals surface area contributed by atoms with Gasteiger partial charge in [-0.05, 0) is 32.5 Å². The first-order valence-corrected chi connectivity index (χ1v) is 7.38. The van der Waals surface area contributed by atoms with Crippen molar-refractivity contribution in [1.29, 1.82) is 0 Å². The van der Waals surface area contributed by atoms with Gasteiger partial charge in [0.1, 0.15) is 0 Å². The van der Waals surface area contributed by atoms with Crippen molar-refractivity contribution >= 4 is 32.6 Å². The first kappa shape index (κ1) is 14.9. The fourth-order valence-corrected chi connectivity index (χ4v) is 2.70. The van der Waals surface area contributed by atoms with Crippen LogP contribution in [-0.2, 0) is 4.79 Å². The van der Waals surface area contributed by atoms with Gasteiger partial charge in [0.05, 0.1) is 22.9 Å². The molecule has 1 unspecified atom stereocenters. The fourth-order valence-electron chi connectivity index (χ4n) is 1.82. The number of rotatable bonds is 6. The highest BCUT2D eigenvalue weighted by Gasteiger charge is 2.10. The van der Waals surface area contributed by atoms with Gasteiger partial charge in [-0.3, -0.25) is 9.69 Å². The van der Waals surface area contributed by atoms with Crippen molar-refractivity contribution in [3.63, 3.8) is 0 Å². The van der Waals surface area contributed by atoms with Crippen LogP contribution in [0.25, 0.3) is 10.2 Å². The number of amides is 1. The van der Waals surface area contributed by atoms with Gasteiger partial charge in [0.15, 0.2) is 5.13 Å². The summed E-state index contributed by atoms with van der Waals surface area (Å²) >= 11 is 1.47. The number of hydrogen-bond donors (Lipinski definition) is 2. The average Bonchev–Trinajstić information content (AvgIpc) is 2.78. The van der Waals surface area contributed by atoms with Crippen molar-refractivity contribution in [3.05, 3.63) is 24.3 Å². The van der Waals surface area contributed by atoms with E-state index in [0.29, 0.717) is 24.6 Å². The summed E-state index contributed by atoms with van der Waals surface area (Å²) in [5.74, 6) is -0.0860. The Kier molecular flexibility index (Phi) is 5.05. The molecular weight excluding hydrogens is 274 g/mol. The number of aromatic nitrogens is 1. The quantitative estimate of drug-likeness (QED) is 0.854. The summed E-state index contributed by atoms with van der Waals surface area (Å²) in [6, 6.07) is 7.79. The maximum absolute atomic E-state index is 11.9. The Morgan fingerprint density at radius 1 is 1.50 bits per heavy atom. The minimum atomic E-state index is -0.343. The van der Waals surface area contributed by atoms with Crippen molar-refractivity contribution in [2.24, 2.45) is 0 Å². The van der Waals surface area contributed by atoms with Gasteiger partial charge in [-0.25, -0.2) is 4.98 Å². The van der Waals surface area contributed by atoms with Gasteiger partial charge in [0.2, 0.25) is 5.91 Å². The molecule has 1 aromatic carbocycles. The Labute approximate surface area is 122 Å². The Morgan fingerprint density at radius 3 is 2.95 bits per heavy atom. The Balaban J connectivity index is 1.87. The highest BCUT2D eigenvalue weighted by molar-refractivity contribution is 7.22. The number of anilines is 1. The van der Waals surface area contributed by atoms with Crippen molar-refractivity contribution in [1.82, 2.24) is 9.88 Å². The van der Waals surface area contributed by atoms with E-state index < -0.39 is 0 Å². The average molecular weight is 293 g/mol. The molecule has 0 radical (unpaired) electrons. The third kappa shape index (κ3) is 4.26. The van der Waals surface area contributed by atoms with Crippen molar-refractivity contribution < 1.29 is 9.90 Å². The number of carbonyl (C=O) groups excluding carboxylic acids is 1. The van der Waals surface area contributed by atoms with E-state index in [2.05, 4.69) is 10.3 Å². The molecule has 0 aliphatic rings. The number of carbonyl (C=O) groups is 1. The van der Waals surface area contributed by atoms with Gasteiger partial charge < -0.3 is 10.4 Å². The zero-order chi connectivity index (χ0) is 14.5. The number of nitrogens with zero attached hydrogens (tertiary/aromatic N) is 2. The molecule has 6 heteroatoms. The smallest absolute Gasteiger partial charge is 0.240 e. The van der Waals surface area contributed by atoms with Crippen LogP contribution in [-0.4, -0.2) is 47.1 Å². The van der Waals surface area contributed by atoms with E-state index in [9.17, 15) is 9.90 Å². The largest absolute Gasteiger partial charge is 0.393 e. The van der Waals surface area contributed by atoms with Crippen LogP contribution in [0.15, 0.2) is 24.3 Å². The predicted molar refractivity (Wildman–Crippen MR) is 82.0 cm³/mol. The van der Waals surface area contributed by atoms with Crippen LogP contribution in [0.3, 0.4) is 0 Å². The molecule has 1 aromatic heterocycles. The lowest BCUT2D eigenvalue weighted by Crippen LogP contribution is -2.31. The number of aliphatic hydroxyl groups is 1. The third-order valence-electron chi connectivity index (χ3n) is 2.88. The van der Waals surface area contributed by atoms with Gasteiger partial charge in [-0.1, -0.05) is 23.5 Å². The molecule has 2 rings (SSSR count). The minimum absolute atomic E-state index is 0.0860. The SMILES string of the molecule is CC(O)CCN(C)CC(=O)Nc1nc2ccccc2s1. The summed E-state index contributed by atoms with van der Waals surface area (Å²) < 4.78 is 1.06. The second-order valence-electron chi connectivity index (χ2n) is 4.91. The maximum atomic E-state index is 11.9. The zero-order valence-electron chi connectivity index (χ0n) is 11.7. The molecular formula is C14H19N3O2S. The molecule has 20 heavy (non-hydrogen) atoms. The number of nitrogens with one attached hydrogen (secondary N) is 1. The van der Waals surface area contributed by atoms with Crippen molar-refractivity contribution in [2.75, 3.05) is 25.5 Å². The van der Waals surface area contributed by atoms with Crippen molar-refractivity contribution in [3.8, 4) is 0 Å². The van der Waals surface area contributed by atoms with E-state index in [1.54, 1.807) is 6.92 Å². The van der Waals surface area contributed by atoms with Crippen LogP contribution < -0.4 is 5.32 Å². The molecule has 0 bridgehead atoms. The summed E-state index contributed by atoms with van der Waals surface area (Å²) in [6.07, 6.45) is 0.315. The van der Waals surface area contributed by atoms with Gasteiger partial charge in [-0.15, -0.1) is 0 Å². The predicted octanol–water partition coefficient (Wildman–Crippen LogP) is 1.94. The second kappa shape index (κ2) is 6.78. The molecule has 2 aromatic rings. The molecule has 0 aliphatic heterocycles. The van der Waals surface area contributed by atoms with Gasteiger partial charge in [0, 0.05) is 6.54 Å². The highest BCUT2D eigenvalue weighted by Crippen LogP contribution is 2.25. The van der Waals surface area contributed by atoms with Crippen LogP contribution >= 0.6 is 11.3 Å². The standard InChI is InChI=1S/C14H19N3O2S/c1-10(18)7-8-17(2)9-13(19)16-14-15-11-5-3-4-6-12(11)20-14/h3-6,10,18H,7-9H2,1-2H3,(H,15,16,19). The van der Waals surface area contributed by atoms with E-state index in [4.69, 9.17) is 0 Å². The molecule has 1 atom stereocenters. The van der Waals surface area contributed by atoms with Crippen LogP contribution in [0.4, 0.5) is 5.13 Å². The monoisotopic (exact) mass is 293 g/mol. The summed E-state index contributed by atoms with van der Waals surface area (Å²) in [6.45, 7) is 2.72. The molecule has 2 N–H and O–H groups in total. The van der Waals surface area contributed by atoms with E-state index in [-0.39, 0.29) is 12.0 Å². The van der Waals surface area contributed by atoms with Crippen LogP contribution in [0.2, 0.25) is 0 Å². The van der Waals surface area contributed by atoms with E-state index in [1.807, 2.05) is 36.2 Å². The zero-order valence-corrected chi connectivity index (χ0v) is 12.5. The van der Waals surface area contributed by atoms with Gasteiger partial charge >= 0.3 is 0 Å². The maximum Gasteiger partial charge on any atom is 0.240 e. The first-order chi connectivity index (χ1) is 9.54. The van der Waals surface area contributed by atoms with E-state index in [1.165, 1.54) is 11.3 Å². The molecule has 0 saturated carbocycles. The van der Waals surface area contributed by atoms with Crippen LogP contribution in [0.5, 0.6) is 0 Å². The summed E-state index contributed by atoms with van der Waals surface area (Å²) in [5, 5.41) is 12.7. The normalized spacial score (nSPS) is 12.8. The van der Waals surface area contributed by atoms with Crippen LogP contribution in [0, 0.1) is 0 Å². The molecule has 5 nitrogen and oxygen atoms in total. The Bertz CT molecular complexity index is 550. The Hall–Kier alpha value is -1.50. The number of hydrogen-bond acceptors (Lipinski definition) is 5. The second-order valence-corrected chi connectivity index (χ2v) is 5.94. The topological polar surface area (TPSA) is 65.5 Å². The summed E-state index contributed by atoms with van der Waals surface area (Å²) in [5.41, 5.74) is 0.898. The molecule has 1 amide bonds. The lowest BCUT2D eigenvalue weighted by molar-refractivity contribution is -0.117. The van der Waals surface area contributed by atoms with Gasteiger partial charge in [-0.2, -0.15) is 0 Å². The number of para-hydroxylation sites is 1. The molecule has 0 fully saturated rings. The minimum Gasteiger partial charge on any atom is -0.393 e. The number of thiazole rings is 1. The molecule has 0 spiro atoms. The highest BCUT2D eigenvalue weighted by atomic mass is 32.1. The fraction of sp³-hybridized carbons (Fsp3) is 0.429. The van der Waals surface area contributed by atoms with Crippen molar-refractivity contribution in [2.45, 2.75) is 19.4 Å². The molecule has 0 aliphatic carbocycles. The Morgan fingerprint density at radius 2 is 2.25 bits per heavy atom. The number of fused-ring (bicyclic) bond motifs is 1. The number of likely N-dealkylation sites (N-methyl/N-ethyl adjacent to an activating group) is 1. The summed E-state index contributed by atoms with van der Waals surface area (Å²) in [7, 11) is 1.86. The lowest BCUT2D eigenvalue weighted by atomic mass is 10.3. The van der Waals surface area contributed by atoms with Crippen LogP contribution in [0.1, 0.15) is 13.3 Å². The van der Waals surface area contributed by atoms with Gasteiger partial charge in [0.25, 0.3) is 0 Å². The molecule has 108 valence electrons. The molecule has 1 heterocycles.